The predicted molar refractivity (Wildman–Crippen MR) is 140 cm³/mol. The Bertz CT molecular complexity index is 1700. The average molecular weight is 437 g/mol. The predicted octanol–water partition coefficient (Wildman–Crippen LogP) is 7.88. The molecule has 0 unspecified atom stereocenters. The first-order valence-corrected chi connectivity index (χ1v) is 11.4. The molecule has 0 radical (unpaired) electrons. The van der Waals surface area contributed by atoms with Crippen LogP contribution >= 0.6 is 0 Å². The van der Waals surface area contributed by atoms with Gasteiger partial charge in [0.2, 0.25) is 0 Å². The van der Waals surface area contributed by atoms with E-state index in [0.717, 1.165) is 43.8 Å². The van der Waals surface area contributed by atoms with E-state index in [1.165, 1.54) is 21.9 Å². The van der Waals surface area contributed by atoms with Crippen LogP contribution in [0.2, 0.25) is 0 Å². The van der Waals surface area contributed by atoms with Gasteiger partial charge in [-0.3, -0.25) is 0 Å². The molecule has 0 atom stereocenters. The van der Waals surface area contributed by atoms with Crippen molar-refractivity contribution >= 4 is 43.5 Å². The second kappa shape index (κ2) is 6.97. The SMILES string of the molecule is Oc1cccc2c(C3=C(c4cccc5c(O)cccc45)c4cccc5cccc3c45)cccc12. The molecule has 6 aromatic carbocycles. The minimum absolute atomic E-state index is 0.283. The molecule has 2 nitrogen and oxygen atoms in total. The van der Waals surface area contributed by atoms with Gasteiger partial charge in [0.1, 0.15) is 11.5 Å². The molecule has 0 heterocycles. The summed E-state index contributed by atoms with van der Waals surface area (Å²) in [6.45, 7) is 0. The van der Waals surface area contributed by atoms with Crippen LogP contribution in [0.1, 0.15) is 22.3 Å². The molecule has 1 aliphatic rings. The molecule has 0 fully saturated rings. The number of phenols is 2. The van der Waals surface area contributed by atoms with E-state index in [-0.39, 0.29) is 11.5 Å². The molecule has 6 aromatic rings. The third-order valence-corrected chi connectivity index (χ3v) is 7.03. The van der Waals surface area contributed by atoms with Crippen LogP contribution < -0.4 is 0 Å². The summed E-state index contributed by atoms with van der Waals surface area (Å²) in [5.74, 6) is 0.565. The highest BCUT2D eigenvalue weighted by molar-refractivity contribution is 6.24. The zero-order valence-corrected chi connectivity index (χ0v) is 18.3. The lowest BCUT2D eigenvalue weighted by Gasteiger charge is -2.16. The smallest absolute Gasteiger partial charge is 0.123 e. The summed E-state index contributed by atoms with van der Waals surface area (Å²) in [4.78, 5) is 0. The summed E-state index contributed by atoms with van der Waals surface area (Å²) in [6.07, 6.45) is 0. The first kappa shape index (κ1) is 19.0. The van der Waals surface area contributed by atoms with Crippen LogP contribution in [0.3, 0.4) is 0 Å². The molecule has 0 saturated carbocycles. The molecular formula is C32H20O2. The standard InChI is InChI=1S/C32H20O2/c33-28-17-5-9-20-22(28)11-3-13-24(20)31-26-15-1-7-19-8-2-16-27(30(19)26)32(31)25-14-4-12-23-21(25)10-6-18-29(23)34/h1-18,33-34H. The van der Waals surface area contributed by atoms with Crippen LogP contribution in [-0.2, 0) is 0 Å². The van der Waals surface area contributed by atoms with Gasteiger partial charge in [-0.2, -0.15) is 0 Å². The van der Waals surface area contributed by atoms with E-state index in [4.69, 9.17) is 0 Å². The van der Waals surface area contributed by atoms with Crippen LogP contribution in [0.4, 0.5) is 0 Å². The summed E-state index contributed by atoms with van der Waals surface area (Å²) < 4.78 is 0. The van der Waals surface area contributed by atoms with Gasteiger partial charge in [-0.05, 0) is 67.1 Å². The molecule has 1 aliphatic carbocycles. The highest BCUT2D eigenvalue weighted by Crippen LogP contribution is 2.50. The number of rotatable bonds is 2. The fourth-order valence-electron chi connectivity index (χ4n) is 5.61. The van der Waals surface area contributed by atoms with Gasteiger partial charge in [-0.15, -0.1) is 0 Å². The van der Waals surface area contributed by atoms with Crippen molar-refractivity contribution in [2.24, 2.45) is 0 Å². The van der Waals surface area contributed by atoms with Crippen molar-refractivity contribution in [3.8, 4) is 11.5 Å². The zero-order chi connectivity index (χ0) is 22.8. The van der Waals surface area contributed by atoms with Crippen molar-refractivity contribution in [3.63, 3.8) is 0 Å². The van der Waals surface area contributed by atoms with Gasteiger partial charge in [0, 0.05) is 10.8 Å². The van der Waals surface area contributed by atoms with Gasteiger partial charge in [-0.25, -0.2) is 0 Å². The van der Waals surface area contributed by atoms with E-state index < -0.39 is 0 Å². The molecule has 7 rings (SSSR count). The molecule has 2 N–H and O–H groups in total. The van der Waals surface area contributed by atoms with Gasteiger partial charge in [0.15, 0.2) is 0 Å². The van der Waals surface area contributed by atoms with Gasteiger partial charge in [-0.1, -0.05) is 97.1 Å². The monoisotopic (exact) mass is 436 g/mol. The van der Waals surface area contributed by atoms with Crippen molar-refractivity contribution in [1.29, 1.82) is 0 Å². The quantitative estimate of drug-likeness (QED) is 0.289. The summed E-state index contributed by atoms with van der Waals surface area (Å²) in [7, 11) is 0. The highest BCUT2D eigenvalue weighted by Gasteiger charge is 2.28. The molecule has 34 heavy (non-hydrogen) atoms. The van der Waals surface area contributed by atoms with Gasteiger partial charge in [0.25, 0.3) is 0 Å². The van der Waals surface area contributed by atoms with Crippen molar-refractivity contribution < 1.29 is 10.2 Å². The summed E-state index contributed by atoms with van der Waals surface area (Å²) in [5, 5.41) is 27.3. The third kappa shape index (κ3) is 2.51. The third-order valence-electron chi connectivity index (χ3n) is 7.03. The maximum atomic E-state index is 10.6. The van der Waals surface area contributed by atoms with E-state index in [2.05, 4.69) is 60.7 Å². The molecule has 0 bridgehead atoms. The lowest BCUT2D eigenvalue weighted by Crippen LogP contribution is -1.93. The molecule has 160 valence electrons. The molecule has 0 aliphatic heterocycles. The molecule has 2 heteroatoms. The number of benzene rings is 6. The Kier molecular flexibility index (Phi) is 3.88. The second-order valence-electron chi connectivity index (χ2n) is 8.81. The van der Waals surface area contributed by atoms with E-state index in [1.54, 1.807) is 12.1 Å². The summed E-state index contributed by atoms with van der Waals surface area (Å²) in [5.41, 5.74) is 6.86. The number of fused-ring (bicyclic) bond motifs is 2. The van der Waals surface area contributed by atoms with Crippen LogP contribution in [0.15, 0.2) is 109 Å². The maximum absolute atomic E-state index is 10.6. The Hall–Kier alpha value is -4.56. The normalized spacial score (nSPS) is 12.8. The Morgan fingerprint density at radius 1 is 0.353 bits per heavy atom. The first-order valence-electron chi connectivity index (χ1n) is 11.4. The van der Waals surface area contributed by atoms with E-state index in [1.807, 2.05) is 36.4 Å². The van der Waals surface area contributed by atoms with Crippen molar-refractivity contribution in [2.75, 3.05) is 0 Å². The van der Waals surface area contributed by atoms with Crippen molar-refractivity contribution in [3.05, 3.63) is 131 Å². The molecule has 0 amide bonds. The number of hydrogen-bond acceptors (Lipinski definition) is 2. The van der Waals surface area contributed by atoms with Crippen molar-refractivity contribution in [2.45, 2.75) is 0 Å². The first-order chi connectivity index (χ1) is 16.7. The van der Waals surface area contributed by atoms with Crippen LogP contribution in [-0.4, -0.2) is 10.2 Å². The Balaban J connectivity index is 1.69. The zero-order valence-electron chi connectivity index (χ0n) is 18.3. The van der Waals surface area contributed by atoms with Crippen molar-refractivity contribution in [1.82, 2.24) is 0 Å². The summed E-state index contributed by atoms with van der Waals surface area (Å²) in [6, 6.07) is 36.6. The average Bonchev–Trinajstić information content (AvgIpc) is 3.20. The lowest BCUT2D eigenvalue weighted by molar-refractivity contribution is 0.481. The minimum Gasteiger partial charge on any atom is -0.507 e. The largest absolute Gasteiger partial charge is 0.507 e. The number of phenolic OH excluding ortho intramolecular Hbond substituents is 2. The topological polar surface area (TPSA) is 40.5 Å². The van der Waals surface area contributed by atoms with Gasteiger partial charge < -0.3 is 10.2 Å². The Morgan fingerprint density at radius 3 is 1.24 bits per heavy atom. The van der Waals surface area contributed by atoms with Crippen LogP contribution in [0.5, 0.6) is 11.5 Å². The van der Waals surface area contributed by atoms with Crippen LogP contribution in [0, 0.1) is 0 Å². The van der Waals surface area contributed by atoms with E-state index in [0.29, 0.717) is 0 Å². The minimum atomic E-state index is 0.283. The Labute approximate surface area is 196 Å². The van der Waals surface area contributed by atoms with E-state index in [9.17, 15) is 10.2 Å². The number of hydrogen-bond donors (Lipinski definition) is 2. The molecule has 0 spiro atoms. The molecule has 0 aromatic heterocycles. The fourth-order valence-corrected chi connectivity index (χ4v) is 5.61. The molecule has 0 saturated heterocycles. The van der Waals surface area contributed by atoms with Gasteiger partial charge >= 0.3 is 0 Å². The van der Waals surface area contributed by atoms with Crippen LogP contribution in [0.25, 0.3) is 43.5 Å². The highest BCUT2D eigenvalue weighted by atomic mass is 16.3. The number of aromatic hydroxyl groups is 2. The maximum Gasteiger partial charge on any atom is 0.123 e. The molecular weight excluding hydrogens is 416 g/mol. The van der Waals surface area contributed by atoms with Gasteiger partial charge in [0.05, 0.1) is 0 Å². The second-order valence-corrected chi connectivity index (χ2v) is 8.81. The summed E-state index contributed by atoms with van der Waals surface area (Å²) >= 11 is 0. The Morgan fingerprint density at radius 2 is 0.735 bits per heavy atom. The van der Waals surface area contributed by atoms with E-state index >= 15 is 0 Å². The fraction of sp³-hybridized carbons (Fsp3) is 0. The lowest BCUT2D eigenvalue weighted by atomic mass is 9.87.